The Balaban J connectivity index is 2.36. The molecule has 0 aromatic heterocycles. The first-order valence-electron chi connectivity index (χ1n) is 6.30. The molecule has 0 bridgehead atoms. The molecule has 0 atom stereocenters. The number of amides is 1. The molecule has 0 spiro atoms. The average Bonchev–Trinajstić information content (AvgIpc) is 2.68. The molecule has 98 valence electrons. The van der Waals surface area contributed by atoms with E-state index in [9.17, 15) is 9.59 Å². The molecule has 1 amide bonds. The molecule has 1 aliphatic rings. The number of carbonyl (C=O) groups excluding carboxylic acids is 2. The number of likely N-dealkylation sites (tertiary alicyclic amines) is 1. The van der Waals surface area contributed by atoms with Crippen LogP contribution in [0.3, 0.4) is 0 Å². The van der Waals surface area contributed by atoms with E-state index < -0.39 is 0 Å². The Morgan fingerprint density at radius 3 is 2.12 bits per heavy atom. The smallest absolute Gasteiger partial charge is 0.236 e. The standard InChI is InChI=1S/C13H24N2O2/c1-13(2,3)11(16)9-14(4)10-12(17)15-7-5-6-8-15/h5-10H2,1-4H3. The number of hydrogen-bond donors (Lipinski definition) is 0. The quantitative estimate of drug-likeness (QED) is 0.740. The van der Waals surface area contributed by atoms with E-state index in [-0.39, 0.29) is 17.1 Å². The molecule has 0 aromatic carbocycles. The summed E-state index contributed by atoms with van der Waals surface area (Å²) in [4.78, 5) is 27.4. The van der Waals surface area contributed by atoms with Gasteiger partial charge in [0.05, 0.1) is 13.1 Å². The van der Waals surface area contributed by atoms with Gasteiger partial charge in [0.15, 0.2) is 5.78 Å². The normalized spacial score (nSPS) is 16.6. The van der Waals surface area contributed by atoms with Crippen LogP contribution in [0.2, 0.25) is 0 Å². The van der Waals surface area contributed by atoms with Crippen molar-refractivity contribution in [3.8, 4) is 0 Å². The van der Waals surface area contributed by atoms with Crippen LogP contribution < -0.4 is 0 Å². The fourth-order valence-electron chi connectivity index (χ4n) is 1.84. The van der Waals surface area contributed by atoms with E-state index in [0.717, 1.165) is 25.9 Å². The second-order valence-corrected chi connectivity index (χ2v) is 5.93. The van der Waals surface area contributed by atoms with Crippen molar-refractivity contribution < 1.29 is 9.59 Å². The number of carbonyl (C=O) groups is 2. The summed E-state index contributed by atoms with van der Waals surface area (Å²) >= 11 is 0. The van der Waals surface area contributed by atoms with Crippen LogP contribution in [0.5, 0.6) is 0 Å². The maximum Gasteiger partial charge on any atom is 0.236 e. The SMILES string of the molecule is CN(CC(=O)N1CCCC1)CC(=O)C(C)(C)C. The van der Waals surface area contributed by atoms with Gasteiger partial charge in [-0.1, -0.05) is 20.8 Å². The first-order valence-corrected chi connectivity index (χ1v) is 6.30. The molecular weight excluding hydrogens is 216 g/mol. The lowest BCUT2D eigenvalue weighted by Gasteiger charge is -2.24. The zero-order chi connectivity index (χ0) is 13.1. The molecular formula is C13H24N2O2. The highest BCUT2D eigenvalue weighted by Gasteiger charge is 2.24. The van der Waals surface area contributed by atoms with Gasteiger partial charge in [-0.3, -0.25) is 14.5 Å². The van der Waals surface area contributed by atoms with Gasteiger partial charge in [0.2, 0.25) is 5.91 Å². The summed E-state index contributed by atoms with van der Waals surface area (Å²) in [5.74, 6) is 0.320. The third kappa shape index (κ3) is 4.46. The number of likely N-dealkylation sites (N-methyl/N-ethyl adjacent to an activating group) is 1. The summed E-state index contributed by atoms with van der Waals surface area (Å²) in [7, 11) is 1.83. The molecule has 0 saturated carbocycles. The van der Waals surface area contributed by atoms with E-state index in [0.29, 0.717) is 13.1 Å². The summed E-state index contributed by atoms with van der Waals surface area (Å²) in [6.45, 7) is 8.17. The summed E-state index contributed by atoms with van der Waals surface area (Å²) in [5, 5.41) is 0. The Labute approximate surface area is 104 Å². The van der Waals surface area contributed by atoms with Crippen LogP contribution in [0.1, 0.15) is 33.6 Å². The number of hydrogen-bond acceptors (Lipinski definition) is 3. The molecule has 17 heavy (non-hydrogen) atoms. The topological polar surface area (TPSA) is 40.6 Å². The Morgan fingerprint density at radius 1 is 1.12 bits per heavy atom. The Kier molecular flexibility index (Phi) is 4.69. The molecule has 1 heterocycles. The number of nitrogens with zero attached hydrogens (tertiary/aromatic N) is 2. The fourth-order valence-corrected chi connectivity index (χ4v) is 1.84. The molecule has 1 rings (SSSR count). The summed E-state index contributed by atoms with van der Waals surface area (Å²) in [5.41, 5.74) is -0.328. The molecule has 0 radical (unpaired) electrons. The Bertz CT molecular complexity index is 288. The summed E-state index contributed by atoms with van der Waals surface area (Å²) < 4.78 is 0. The van der Waals surface area contributed by atoms with E-state index in [2.05, 4.69) is 0 Å². The van der Waals surface area contributed by atoms with Crippen LogP contribution in [0.15, 0.2) is 0 Å². The number of ketones is 1. The highest BCUT2D eigenvalue weighted by Crippen LogP contribution is 2.15. The van der Waals surface area contributed by atoms with E-state index in [1.54, 1.807) is 0 Å². The van der Waals surface area contributed by atoms with Gasteiger partial charge in [-0.05, 0) is 19.9 Å². The van der Waals surface area contributed by atoms with Crippen molar-refractivity contribution in [3.63, 3.8) is 0 Å². The van der Waals surface area contributed by atoms with Crippen molar-refractivity contribution in [2.24, 2.45) is 5.41 Å². The lowest BCUT2D eigenvalue weighted by molar-refractivity contribution is -0.132. The first kappa shape index (κ1) is 14.2. The maximum atomic E-state index is 11.9. The number of rotatable bonds is 4. The van der Waals surface area contributed by atoms with Crippen LogP contribution in [0, 0.1) is 5.41 Å². The minimum atomic E-state index is -0.328. The molecule has 1 fully saturated rings. The van der Waals surface area contributed by atoms with Crippen molar-refractivity contribution in [2.45, 2.75) is 33.6 Å². The van der Waals surface area contributed by atoms with E-state index in [1.807, 2.05) is 37.6 Å². The molecule has 1 aliphatic heterocycles. The van der Waals surface area contributed by atoms with Crippen molar-refractivity contribution in [1.82, 2.24) is 9.80 Å². The van der Waals surface area contributed by atoms with Crippen molar-refractivity contribution in [2.75, 3.05) is 33.2 Å². The van der Waals surface area contributed by atoms with Crippen LogP contribution in [-0.2, 0) is 9.59 Å². The Hall–Kier alpha value is -0.900. The maximum absolute atomic E-state index is 11.9. The lowest BCUT2D eigenvalue weighted by Crippen LogP contribution is -2.41. The third-order valence-corrected chi connectivity index (χ3v) is 3.11. The zero-order valence-electron chi connectivity index (χ0n) is 11.5. The third-order valence-electron chi connectivity index (χ3n) is 3.11. The minimum Gasteiger partial charge on any atom is -0.342 e. The van der Waals surface area contributed by atoms with Crippen LogP contribution in [0.25, 0.3) is 0 Å². The second kappa shape index (κ2) is 5.63. The predicted molar refractivity (Wildman–Crippen MR) is 67.8 cm³/mol. The molecule has 0 N–H and O–H groups in total. The van der Waals surface area contributed by atoms with E-state index >= 15 is 0 Å². The van der Waals surface area contributed by atoms with Crippen LogP contribution in [-0.4, -0.2) is 54.7 Å². The van der Waals surface area contributed by atoms with Gasteiger partial charge in [-0.15, -0.1) is 0 Å². The van der Waals surface area contributed by atoms with Gasteiger partial charge in [-0.2, -0.15) is 0 Å². The molecule has 4 heteroatoms. The van der Waals surface area contributed by atoms with Gasteiger partial charge in [0, 0.05) is 18.5 Å². The highest BCUT2D eigenvalue weighted by atomic mass is 16.2. The Morgan fingerprint density at radius 2 is 1.65 bits per heavy atom. The zero-order valence-corrected chi connectivity index (χ0v) is 11.5. The van der Waals surface area contributed by atoms with E-state index in [1.165, 1.54) is 0 Å². The van der Waals surface area contributed by atoms with Crippen LogP contribution in [0.4, 0.5) is 0 Å². The summed E-state index contributed by atoms with van der Waals surface area (Å²) in [6.07, 6.45) is 2.22. The van der Waals surface area contributed by atoms with Crippen molar-refractivity contribution >= 4 is 11.7 Å². The van der Waals surface area contributed by atoms with Gasteiger partial charge >= 0.3 is 0 Å². The molecule has 0 aromatic rings. The van der Waals surface area contributed by atoms with E-state index in [4.69, 9.17) is 0 Å². The minimum absolute atomic E-state index is 0.145. The van der Waals surface area contributed by atoms with Crippen molar-refractivity contribution in [1.29, 1.82) is 0 Å². The molecule has 1 saturated heterocycles. The molecule has 0 aliphatic carbocycles. The van der Waals surface area contributed by atoms with Gasteiger partial charge in [0.1, 0.15) is 0 Å². The monoisotopic (exact) mass is 240 g/mol. The van der Waals surface area contributed by atoms with Gasteiger partial charge < -0.3 is 4.90 Å². The summed E-state index contributed by atoms with van der Waals surface area (Å²) in [6, 6.07) is 0. The van der Waals surface area contributed by atoms with Crippen molar-refractivity contribution in [3.05, 3.63) is 0 Å². The first-order chi connectivity index (χ1) is 7.80. The molecule has 0 unspecified atom stereocenters. The highest BCUT2D eigenvalue weighted by molar-refractivity contribution is 5.86. The fraction of sp³-hybridized carbons (Fsp3) is 0.846. The van der Waals surface area contributed by atoms with Gasteiger partial charge in [0.25, 0.3) is 0 Å². The largest absolute Gasteiger partial charge is 0.342 e. The predicted octanol–water partition coefficient (Wildman–Crippen LogP) is 1.16. The lowest BCUT2D eigenvalue weighted by atomic mass is 9.90. The molecule has 4 nitrogen and oxygen atoms in total. The number of Topliss-reactive ketones (excluding diaryl/α,β-unsaturated/α-hetero) is 1. The van der Waals surface area contributed by atoms with Crippen LogP contribution >= 0.6 is 0 Å². The van der Waals surface area contributed by atoms with Gasteiger partial charge in [-0.25, -0.2) is 0 Å². The second-order valence-electron chi connectivity index (χ2n) is 5.93. The average molecular weight is 240 g/mol.